The lowest BCUT2D eigenvalue weighted by Gasteiger charge is -2.13. The average Bonchev–Trinajstić information content (AvgIpc) is 2.81. The van der Waals surface area contributed by atoms with Crippen LogP contribution < -0.4 is 0 Å². The summed E-state index contributed by atoms with van der Waals surface area (Å²) >= 11 is 0. The molecule has 0 bridgehead atoms. The second kappa shape index (κ2) is 5.87. The monoisotopic (exact) mass is 350 g/mol. The third-order valence-corrected chi connectivity index (χ3v) is 4.61. The maximum Gasteiger partial charge on any atom is 0.270 e. The van der Waals surface area contributed by atoms with E-state index in [1.807, 2.05) is 18.4 Å². The van der Waals surface area contributed by atoms with Gasteiger partial charge in [-0.2, -0.15) is 0 Å². The number of aliphatic imine (C=N–C) groups is 1. The Morgan fingerprint density at radius 1 is 1.15 bits per heavy atom. The van der Waals surface area contributed by atoms with Crippen molar-refractivity contribution < 1.29 is 9.31 Å². The fourth-order valence-electron chi connectivity index (χ4n) is 3.25. The SMILES string of the molecule is Cc1nc2n(c1C)-c1ccc([N+](=O)[O-])cc1C(c1ccccc1F)=NC2. The van der Waals surface area contributed by atoms with Gasteiger partial charge in [-0.1, -0.05) is 12.1 Å². The zero-order valence-corrected chi connectivity index (χ0v) is 14.2. The Balaban J connectivity index is 2.04. The molecule has 1 aliphatic heterocycles. The van der Waals surface area contributed by atoms with Crippen LogP contribution in [0, 0.1) is 29.8 Å². The molecule has 26 heavy (non-hydrogen) atoms. The Hall–Kier alpha value is -3.35. The first-order valence-electron chi connectivity index (χ1n) is 8.10. The van der Waals surface area contributed by atoms with Crippen LogP contribution in [0.25, 0.3) is 5.69 Å². The van der Waals surface area contributed by atoms with Gasteiger partial charge in [0.05, 0.1) is 28.6 Å². The van der Waals surface area contributed by atoms with Gasteiger partial charge < -0.3 is 0 Å². The molecule has 7 heteroatoms. The van der Waals surface area contributed by atoms with Gasteiger partial charge in [0.25, 0.3) is 5.69 Å². The minimum absolute atomic E-state index is 0.0641. The molecule has 0 unspecified atom stereocenters. The molecule has 0 saturated heterocycles. The summed E-state index contributed by atoms with van der Waals surface area (Å²) < 4.78 is 16.4. The van der Waals surface area contributed by atoms with E-state index < -0.39 is 10.7 Å². The molecule has 0 atom stereocenters. The number of hydrogen-bond acceptors (Lipinski definition) is 4. The van der Waals surface area contributed by atoms with Crippen molar-refractivity contribution in [1.82, 2.24) is 9.55 Å². The average molecular weight is 350 g/mol. The molecule has 2 heterocycles. The molecule has 4 rings (SSSR count). The Labute approximate surface area is 148 Å². The first-order valence-corrected chi connectivity index (χ1v) is 8.10. The van der Waals surface area contributed by atoms with Gasteiger partial charge in [-0.3, -0.25) is 19.7 Å². The highest BCUT2D eigenvalue weighted by Crippen LogP contribution is 2.30. The van der Waals surface area contributed by atoms with Crippen molar-refractivity contribution in [1.29, 1.82) is 0 Å². The van der Waals surface area contributed by atoms with Gasteiger partial charge in [0.2, 0.25) is 0 Å². The standard InChI is InChI=1S/C19H15FN4O2/c1-11-12(2)23-17-8-7-13(24(25)26)9-15(17)19(21-10-18(23)22-11)14-5-3-4-6-16(14)20/h3-9H,10H2,1-2H3. The van der Waals surface area contributed by atoms with E-state index in [2.05, 4.69) is 9.98 Å². The zero-order chi connectivity index (χ0) is 18.4. The first-order chi connectivity index (χ1) is 12.5. The minimum atomic E-state index is -0.461. The number of aryl methyl sites for hydroxylation is 1. The van der Waals surface area contributed by atoms with Gasteiger partial charge in [0.15, 0.2) is 0 Å². The number of fused-ring (bicyclic) bond motifs is 3. The Morgan fingerprint density at radius 3 is 2.65 bits per heavy atom. The van der Waals surface area contributed by atoms with E-state index in [1.165, 1.54) is 18.2 Å². The van der Waals surface area contributed by atoms with Gasteiger partial charge in [0, 0.05) is 29.0 Å². The fourth-order valence-corrected chi connectivity index (χ4v) is 3.25. The van der Waals surface area contributed by atoms with Crippen LogP contribution in [-0.2, 0) is 6.54 Å². The van der Waals surface area contributed by atoms with Crippen molar-refractivity contribution in [3.63, 3.8) is 0 Å². The molecule has 2 aromatic carbocycles. The number of aromatic nitrogens is 2. The lowest BCUT2D eigenvalue weighted by atomic mass is 9.99. The second-order valence-corrected chi connectivity index (χ2v) is 6.14. The molecule has 1 aliphatic rings. The summed E-state index contributed by atoms with van der Waals surface area (Å²) in [6, 6.07) is 10.9. The minimum Gasteiger partial charge on any atom is -0.298 e. The van der Waals surface area contributed by atoms with Gasteiger partial charge >= 0.3 is 0 Å². The number of nitrogens with zero attached hydrogens (tertiary/aromatic N) is 4. The second-order valence-electron chi connectivity index (χ2n) is 6.14. The molecular formula is C19H15FN4O2. The fraction of sp³-hybridized carbons (Fsp3) is 0.158. The molecule has 1 aromatic heterocycles. The van der Waals surface area contributed by atoms with Crippen molar-refractivity contribution in [2.24, 2.45) is 4.99 Å². The first kappa shape index (κ1) is 16.1. The number of non-ortho nitro benzene ring substituents is 1. The van der Waals surface area contributed by atoms with Gasteiger partial charge in [-0.25, -0.2) is 9.37 Å². The third-order valence-electron chi connectivity index (χ3n) is 4.61. The summed E-state index contributed by atoms with van der Waals surface area (Å²) in [5.41, 5.74) is 3.67. The summed E-state index contributed by atoms with van der Waals surface area (Å²) in [7, 11) is 0. The summed E-state index contributed by atoms with van der Waals surface area (Å²) in [5.74, 6) is 0.303. The Bertz CT molecular complexity index is 1090. The molecule has 0 radical (unpaired) electrons. The van der Waals surface area contributed by atoms with E-state index in [9.17, 15) is 14.5 Å². The molecular weight excluding hydrogens is 335 g/mol. The molecule has 3 aromatic rings. The number of hydrogen-bond donors (Lipinski definition) is 0. The van der Waals surface area contributed by atoms with Crippen LogP contribution in [0.2, 0.25) is 0 Å². The molecule has 0 aliphatic carbocycles. The highest BCUT2D eigenvalue weighted by atomic mass is 19.1. The summed E-state index contributed by atoms with van der Waals surface area (Å²) in [5, 5.41) is 11.3. The largest absolute Gasteiger partial charge is 0.298 e. The van der Waals surface area contributed by atoms with Crippen LogP contribution >= 0.6 is 0 Å². The maximum atomic E-state index is 14.4. The summed E-state index contributed by atoms with van der Waals surface area (Å²) in [6.45, 7) is 4.11. The number of nitro groups is 1. The lowest BCUT2D eigenvalue weighted by Crippen LogP contribution is -2.10. The zero-order valence-electron chi connectivity index (χ0n) is 14.2. The smallest absolute Gasteiger partial charge is 0.270 e. The summed E-state index contributed by atoms with van der Waals surface area (Å²) in [4.78, 5) is 19.9. The summed E-state index contributed by atoms with van der Waals surface area (Å²) in [6.07, 6.45) is 0. The normalized spacial score (nSPS) is 12.8. The van der Waals surface area contributed by atoms with Crippen LogP contribution in [0.15, 0.2) is 47.5 Å². The van der Waals surface area contributed by atoms with E-state index in [0.717, 1.165) is 17.2 Å². The molecule has 0 N–H and O–H groups in total. The number of nitro benzene ring substituents is 1. The van der Waals surface area contributed by atoms with Crippen molar-refractivity contribution in [2.45, 2.75) is 20.4 Å². The Kier molecular flexibility index (Phi) is 3.64. The number of halogens is 1. The van der Waals surface area contributed by atoms with Gasteiger partial charge in [-0.15, -0.1) is 0 Å². The Morgan fingerprint density at radius 2 is 1.92 bits per heavy atom. The molecule has 130 valence electrons. The van der Waals surface area contributed by atoms with E-state index in [1.54, 1.807) is 24.3 Å². The van der Waals surface area contributed by atoms with Crippen molar-refractivity contribution in [3.05, 3.63) is 86.7 Å². The van der Waals surface area contributed by atoms with E-state index in [-0.39, 0.29) is 12.2 Å². The van der Waals surface area contributed by atoms with E-state index in [0.29, 0.717) is 22.5 Å². The molecule has 0 amide bonds. The predicted octanol–water partition coefficient (Wildman–Crippen LogP) is 3.89. The third kappa shape index (κ3) is 2.40. The maximum absolute atomic E-state index is 14.4. The number of rotatable bonds is 2. The lowest BCUT2D eigenvalue weighted by molar-refractivity contribution is -0.384. The van der Waals surface area contributed by atoms with Crippen molar-refractivity contribution in [3.8, 4) is 5.69 Å². The van der Waals surface area contributed by atoms with Gasteiger partial charge in [0.1, 0.15) is 11.6 Å². The van der Waals surface area contributed by atoms with Gasteiger partial charge in [-0.05, 0) is 32.0 Å². The molecule has 0 saturated carbocycles. The van der Waals surface area contributed by atoms with Crippen LogP contribution in [0.5, 0.6) is 0 Å². The van der Waals surface area contributed by atoms with E-state index >= 15 is 0 Å². The molecule has 0 fully saturated rings. The number of imidazole rings is 1. The van der Waals surface area contributed by atoms with Crippen LogP contribution in [0.3, 0.4) is 0 Å². The van der Waals surface area contributed by atoms with E-state index in [4.69, 9.17) is 0 Å². The molecule has 6 nitrogen and oxygen atoms in total. The number of benzene rings is 2. The van der Waals surface area contributed by atoms with Crippen LogP contribution in [-0.4, -0.2) is 20.2 Å². The van der Waals surface area contributed by atoms with Crippen LogP contribution in [0.4, 0.5) is 10.1 Å². The topological polar surface area (TPSA) is 73.3 Å². The van der Waals surface area contributed by atoms with Crippen molar-refractivity contribution >= 4 is 11.4 Å². The highest BCUT2D eigenvalue weighted by Gasteiger charge is 2.25. The quantitative estimate of drug-likeness (QED) is 0.520. The van der Waals surface area contributed by atoms with Crippen LogP contribution in [0.1, 0.15) is 28.3 Å². The predicted molar refractivity (Wildman–Crippen MR) is 95.4 cm³/mol. The van der Waals surface area contributed by atoms with Crippen molar-refractivity contribution in [2.75, 3.05) is 0 Å². The molecule has 0 spiro atoms. The highest BCUT2D eigenvalue weighted by molar-refractivity contribution is 6.15.